The Morgan fingerprint density at radius 2 is 1.89 bits per heavy atom. The molecule has 0 atom stereocenters. The summed E-state index contributed by atoms with van der Waals surface area (Å²) in [6.45, 7) is 4.83. The summed E-state index contributed by atoms with van der Waals surface area (Å²) >= 11 is 0. The van der Waals surface area contributed by atoms with Crippen LogP contribution < -0.4 is 11.1 Å². The van der Waals surface area contributed by atoms with Crippen LogP contribution in [0.15, 0.2) is 42.5 Å². The normalized spacial score (nSPS) is 10.2. The van der Waals surface area contributed by atoms with Crippen molar-refractivity contribution in [1.82, 2.24) is 0 Å². The van der Waals surface area contributed by atoms with E-state index in [0.29, 0.717) is 12.1 Å². The van der Waals surface area contributed by atoms with E-state index in [4.69, 9.17) is 5.73 Å². The number of nitrogens with one attached hydrogen (secondary N) is 1. The van der Waals surface area contributed by atoms with Gasteiger partial charge in [-0.15, -0.1) is 0 Å². The number of aryl methyl sites for hydroxylation is 2. The second kappa shape index (κ2) is 5.57. The molecule has 0 aliphatic rings. The molecule has 0 aromatic heterocycles. The first-order chi connectivity index (χ1) is 9.08. The van der Waals surface area contributed by atoms with Crippen molar-refractivity contribution in [3.05, 3.63) is 64.7 Å². The van der Waals surface area contributed by atoms with E-state index >= 15 is 0 Å². The molecule has 2 aromatic carbocycles. The zero-order chi connectivity index (χ0) is 13.8. The molecular weight excluding hydrogens is 236 g/mol. The van der Waals surface area contributed by atoms with Gasteiger partial charge in [0.1, 0.15) is 0 Å². The van der Waals surface area contributed by atoms with Crippen molar-refractivity contribution in [1.29, 1.82) is 0 Å². The van der Waals surface area contributed by atoms with E-state index in [1.165, 1.54) is 16.7 Å². The van der Waals surface area contributed by atoms with Crippen LogP contribution in [0.3, 0.4) is 0 Å². The summed E-state index contributed by atoms with van der Waals surface area (Å²) in [5, 5.41) is 3.28. The first-order valence-electron chi connectivity index (χ1n) is 6.27. The predicted molar refractivity (Wildman–Crippen MR) is 78.2 cm³/mol. The molecule has 0 aliphatic carbocycles. The quantitative estimate of drug-likeness (QED) is 0.881. The summed E-state index contributed by atoms with van der Waals surface area (Å²) in [5.74, 6) is -0.413. The minimum Gasteiger partial charge on any atom is -0.380 e. The number of carbonyl (C=O) groups excluding carboxylic acids is 1. The number of nitrogens with two attached hydrogens (primary N) is 1. The Morgan fingerprint density at radius 3 is 2.63 bits per heavy atom. The topological polar surface area (TPSA) is 55.1 Å². The van der Waals surface area contributed by atoms with Gasteiger partial charge in [-0.2, -0.15) is 0 Å². The van der Waals surface area contributed by atoms with Gasteiger partial charge in [0.25, 0.3) is 5.91 Å². The van der Waals surface area contributed by atoms with Gasteiger partial charge in [-0.3, -0.25) is 4.79 Å². The van der Waals surface area contributed by atoms with E-state index in [2.05, 4.69) is 37.4 Å². The Labute approximate surface area is 113 Å². The van der Waals surface area contributed by atoms with Crippen molar-refractivity contribution in [2.45, 2.75) is 20.4 Å². The van der Waals surface area contributed by atoms with Crippen LogP contribution in [0.4, 0.5) is 5.69 Å². The number of carbonyl (C=O) groups is 1. The van der Waals surface area contributed by atoms with Gasteiger partial charge in [-0.25, -0.2) is 0 Å². The van der Waals surface area contributed by atoms with Crippen LogP contribution in [0.25, 0.3) is 0 Å². The van der Waals surface area contributed by atoms with Gasteiger partial charge in [0.2, 0.25) is 0 Å². The van der Waals surface area contributed by atoms with Crippen molar-refractivity contribution in [3.63, 3.8) is 0 Å². The fourth-order valence-corrected chi connectivity index (χ4v) is 2.03. The molecule has 1 amide bonds. The van der Waals surface area contributed by atoms with Crippen LogP contribution in [0.5, 0.6) is 0 Å². The highest BCUT2D eigenvalue weighted by molar-refractivity contribution is 5.98. The number of para-hydroxylation sites is 1. The lowest BCUT2D eigenvalue weighted by atomic mass is 10.1. The molecule has 0 saturated carbocycles. The Hall–Kier alpha value is -2.29. The molecule has 2 aromatic rings. The fraction of sp³-hybridized carbons (Fsp3) is 0.188. The van der Waals surface area contributed by atoms with E-state index in [-0.39, 0.29) is 0 Å². The highest BCUT2D eigenvalue weighted by atomic mass is 16.1. The molecule has 19 heavy (non-hydrogen) atoms. The van der Waals surface area contributed by atoms with Crippen molar-refractivity contribution < 1.29 is 4.79 Å². The summed E-state index contributed by atoms with van der Waals surface area (Å²) in [7, 11) is 0. The van der Waals surface area contributed by atoms with Crippen LogP contribution in [0, 0.1) is 13.8 Å². The number of hydrogen-bond acceptors (Lipinski definition) is 2. The number of anilines is 1. The number of rotatable bonds is 4. The molecule has 0 spiro atoms. The van der Waals surface area contributed by atoms with Crippen molar-refractivity contribution in [2.24, 2.45) is 5.73 Å². The van der Waals surface area contributed by atoms with Crippen LogP contribution in [-0.4, -0.2) is 5.91 Å². The standard InChI is InChI=1S/C16H18N2O/c1-11-7-8-12(2)13(9-11)10-18-15-6-4-3-5-14(15)16(17)19/h3-9,18H,10H2,1-2H3,(H2,17,19). The Morgan fingerprint density at radius 1 is 1.16 bits per heavy atom. The van der Waals surface area contributed by atoms with Crippen molar-refractivity contribution in [2.75, 3.05) is 5.32 Å². The number of amides is 1. The van der Waals surface area contributed by atoms with Gasteiger partial charge < -0.3 is 11.1 Å². The number of hydrogen-bond donors (Lipinski definition) is 2. The Balaban J connectivity index is 2.19. The molecule has 0 unspecified atom stereocenters. The third kappa shape index (κ3) is 3.13. The smallest absolute Gasteiger partial charge is 0.250 e. The van der Waals surface area contributed by atoms with Crippen LogP contribution in [0.2, 0.25) is 0 Å². The van der Waals surface area contributed by atoms with E-state index < -0.39 is 5.91 Å². The molecule has 0 bridgehead atoms. The van der Waals surface area contributed by atoms with Gasteiger partial charge in [0.05, 0.1) is 5.56 Å². The summed E-state index contributed by atoms with van der Waals surface area (Å²) < 4.78 is 0. The van der Waals surface area contributed by atoms with Gasteiger partial charge in [-0.1, -0.05) is 35.9 Å². The second-order valence-electron chi connectivity index (χ2n) is 4.69. The molecule has 0 aliphatic heterocycles. The molecule has 98 valence electrons. The number of benzene rings is 2. The van der Waals surface area contributed by atoms with Gasteiger partial charge in [0.15, 0.2) is 0 Å². The van der Waals surface area contributed by atoms with Gasteiger partial charge >= 0.3 is 0 Å². The molecular formula is C16H18N2O. The lowest BCUT2D eigenvalue weighted by molar-refractivity contribution is 0.100. The van der Waals surface area contributed by atoms with Crippen LogP contribution in [0.1, 0.15) is 27.0 Å². The van der Waals surface area contributed by atoms with Gasteiger partial charge in [-0.05, 0) is 37.1 Å². The molecule has 0 saturated heterocycles. The third-order valence-electron chi connectivity index (χ3n) is 3.17. The van der Waals surface area contributed by atoms with Crippen LogP contribution in [-0.2, 0) is 6.54 Å². The summed E-state index contributed by atoms with van der Waals surface area (Å²) in [6.07, 6.45) is 0. The lowest BCUT2D eigenvalue weighted by Gasteiger charge is -2.12. The van der Waals surface area contributed by atoms with Gasteiger partial charge in [0, 0.05) is 12.2 Å². The first-order valence-corrected chi connectivity index (χ1v) is 6.27. The highest BCUT2D eigenvalue weighted by Gasteiger charge is 2.07. The van der Waals surface area contributed by atoms with E-state index in [1.807, 2.05) is 18.2 Å². The summed E-state index contributed by atoms with van der Waals surface area (Å²) in [6, 6.07) is 13.6. The largest absolute Gasteiger partial charge is 0.380 e. The van der Waals surface area contributed by atoms with Crippen molar-refractivity contribution in [3.8, 4) is 0 Å². The summed E-state index contributed by atoms with van der Waals surface area (Å²) in [5.41, 5.74) is 10.3. The SMILES string of the molecule is Cc1ccc(C)c(CNc2ccccc2C(N)=O)c1. The molecule has 3 N–H and O–H groups in total. The van der Waals surface area contributed by atoms with E-state index in [9.17, 15) is 4.79 Å². The van der Waals surface area contributed by atoms with Crippen molar-refractivity contribution >= 4 is 11.6 Å². The maximum absolute atomic E-state index is 11.3. The average Bonchev–Trinajstić information content (AvgIpc) is 2.40. The third-order valence-corrected chi connectivity index (χ3v) is 3.17. The molecule has 3 nitrogen and oxygen atoms in total. The molecule has 0 fully saturated rings. The minimum absolute atomic E-state index is 0.413. The average molecular weight is 254 g/mol. The fourth-order valence-electron chi connectivity index (χ4n) is 2.03. The zero-order valence-corrected chi connectivity index (χ0v) is 11.2. The maximum Gasteiger partial charge on any atom is 0.250 e. The maximum atomic E-state index is 11.3. The molecule has 0 heterocycles. The van der Waals surface area contributed by atoms with E-state index in [1.54, 1.807) is 6.07 Å². The van der Waals surface area contributed by atoms with E-state index in [0.717, 1.165) is 5.69 Å². The molecule has 2 rings (SSSR count). The highest BCUT2D eigenvalue weighted by Crippen LogP contribution is 2.17. The predicted octanol–water partition coefficient (Wildman–Crippen LogP) is 3.01. The Kier molecular flexibility index (Phi) is 3.85. The minimum atomic E-state index is -0.413. The zero-order valence-electron chi connectivity index (χ0n) is 11.2. The molecule has 0 radical (unpaired) electrons. The lowest BCUT2D eigenvalue weighted by Crippen LogP contribution is -2.14. The molecule has 3 heteroatoms. The Bertz CT molecular complexity index is 605. The monoisotopic (exact) mass is 254 g/mol. The second-order valence-corrected chi connectivity index (χ2v) is 4.69. The summed E-state index contributed by atoms with van der Waals surface area (Å²) in [4.78, 5) is 11.3. The number of primary amides is 1. The first kappa shape index (κ1) is 13.1. The van der Waals surface area contributed by atoms with Crippen LogP contribution >= 0.6 is 0 Å².